The zero-order valence-electron chi connectivity index (χ0n) is 23.5. The largest absolute Gasteiger partial charge is 0.497 e. The monoisotopic (exact) mass is 645 g/mol. The first-order valence-corrected chi connectivity index (χ1v) is 16.5. The van der Waals surface area contributed by atoms with Crippen molar-refractivity contribution in [2.75, 3.05) is 31.8 Å². The lowest BCUT2D eigenvalue weighted by Crippen LogP contribution is -2.27. The molecule has 0 saturated carbocycles. The van der Waals surface area contributed by atoms with Gasteiger partial charge in [0.1, 0.15) is 16.2 Å². The predicted octanol–water partition coefficient (Wildman–Crippen LogP) is 2.99. The minimum Gasteiger partial charge on any atom is -0.497 e. The van der Waals surface area contributed by atoms with Gasteiger partial charge in [-0.15, -0.1) is 11.3 Å². The normalized spacial score (nSPS) is 11.3. The van der Waals surface area contributed by atoms with Crippen molar-refractivity contribution < 1.29 is 27.5 Å². The average Bonchev–Trinajstić information content (AvgIpc) is 3.46. The number of benzene rings is 2. The molecule has 15 heteroatoms. The smallest absolute Gasteiger partial charge is 0.272 e. The molecule has 4 N–H and O–H groups in total. The number of aromatic nitrogens is 2. The molecule has 0 radical (unpaired) electrons. The summed E-state index contributed by atoms with van der Waals surface area (Å²) in [6.45, 7) is 0.615. The Hall–Kier alpha value is -3.92. The van der Waals surface area contributed by atoms with Crippen molar-refractivity contribution in [3.05, 3.63) is 69.8 Å². The number of amides is 2. The molecule has 2 aromatic carbocycles. The van der Waals surface area contributed by atoms with Crippen LogP contribution in [0.4, 0.5) is 5.69 Å². The van der Waals surface area contributed by atoms with E-state index in [1.165, 1.54) is 42.3 Å². The molecule has 2 amide bonds. The minimum absolute atomic E-state index is 0.00402. The molecule has 0 aliphatic rings. The molecule has 0 bridgehead atoms. The Bertz CT molecular complexity index is 1770. The van der Waals surface area contributed by atoms with Crippen LogP contribution in [0, 0.1) is 0 Å². The van der Waals surface area contributed by atoms with E-state index < -0.39 is 10.0 Å². The third-order valence-corrected chi connectivity index (χ3v) is 9.12. The number of thioether (sulfide) groups is 1. The number of methoxy groups -OCH3 is 2. The number of nitrogens with one attached hydrogen (secondary N) is 2. The Labute approximate surface area is 256 Å². The van der Waals surface area contributed by atoms with Gasteiger partial charge in [-0.2, -0.15) is 0 Å². The molecule has 4 aromatic rings. The molecule has 228 valence electrons. The third kappa shape index (κ3) is 8.56. The van der Waals surface area contributed by atoms with E-state index in [-0.39, 0.29) is 41.0 Å². The number of rotatable bonds is 14. The lowest BCUT2D eigenvalue weighted by molar-refractivity contribution is -0.121. The van der Waals surface area contributed by atoms with Crippen molar-refractivity contribution in [3.63, 3.8) is 0 Å². The fraction of sp³-hybridized carbons (Fsp3) is 0.286. The Morgan fingerprint density at radius 1 is 1.07 bits per heavy atom. The van der Waals surface area contributed by atoms with Crippen LogP contribution in [0.25, 0.3) is 10.2 Å². The molecule has 0 atom stereocenters. The second-order valence-corrected chi connectivity index (χ2v) is 12.7. The van der Waals surface area contributed by atoms with Gasteiger partial charge in [0.05, 0.1) is 36.1 Å². The highest BCUT2D eigenvalue weighted by atomic mass is 32.2. The quantitative estimate of drug-likeness (QED) is 0.138. The molecular formula is C28H31N5O7S3. The van der Waals surface area contributed by atoms with E-state index in [9.17, 15) is 22.8 Å². The maximum atomic E-state index is 13.2. The second-order valence-electron chi connectivity index (χ2n) is 9.28. The summed E-state index contributed by atoms with van der Waals surface area (Å²) in [4.78, 5) is 43.1. The van der Waals surface area contributed by atoms with Crippen LogP contribution in [0.3, 0.4) is 0 Å². The number of nitrogens with zero attached hydrogens (tertiary/aromatic N) is 2. The summed E-state index contributed by atoms with van der Waals surface area (Å²) in [6.07, 6.45) is 1.08. The number of hydrogen-bond donors (Lipinski definition) is 3. The summed E-state index contributed by atoms with van der Waals surface area (Å²) in [5.41, 5.74) is 1.67. The zero-order chi connectivity index (χ0) is 31.0. The van der Waals surface area contributed by atoms with E-state index in [4.69, 9.17) is 14.6 Å². The summed E-state index contributed by atoms with van der Waals surface area (Å²) in [5, 5.41) is 12.9. The van der Waals surface area contributed by atoms with Gasteiger partial charge in [0.15, 0.2) is 5.16 Å². The fourth-order valence-corrected chi connectivity index (χ4v) is 6.25. The number of sulfonamides is 1. The van der Waals surface area contributed by atoms with Crippen LogP contribution >= 0.6 is 23.1 Å². The molecule has 0 aliphatic carbocycles. The highest BCUT2D eigenvalue weighted by Gasteiger charge is 2.16. The number of hydrogen-bond acceptors (Lipinski definition) is 10. The summed E-state index contributed by atoms with van der Waals surface area (Å²) in [7, 11) is -0.722. The molecule has 0 spiro atoms. The number of nitrogens with two attached hydrogens (primary N) is 1. The number of fused-ring (bicyclic) bond motifs is 1. The number of primary sulfonamides is 1. The highest BCUT2D eigenvalue weighted by Crippen LogP contribution is 2.29. The van der Waals surface area contributed by atoms with Gasteiger partial charge in [-0.3, -0.25) is 19.0 Å². The van der Waals surface area contributed by atoms with Gasteiger partial charge in [-0.25, -0.2) is 18.5 Å². The van der Waals surface area contributed by atoms with E-state index in [1.54, 1.807) is 41.8 Å². The van der Waals surface area contributed by atoms with Gasteiger partial charge in [-0.1, -0.05) is 23.9 Å². The van der Waals surface area contributed by atoms with Crippen LogP contribution in [0.2, 0.25) is 0 Å². The van der Waals surface area contributed by atoms with Crippen LogP contribution < -0.4 is 30.8 Å². The van der Waals surface area contributed by atoms with Gasteiger partial charge in [0.2, 0.25) is 21.8 Å². The Morgan fingerprint density at radius 3 is 2.53 bits per heavy atom. The third-order valence-electron chi connectivity index (χ3n) is 6.32. The van der Waals surface area contributed by atoms with Crippen LogP contribution in [0.1, 0.15) is 18.4 Å². The lowest BCUT2D eigenvalue weighted by Gasteiger charge is -2.13. The lowest BCUT2D eigenvalue weighted by atomic mass is 10.1. The number of thiophene rings is 1. The Kier molecular flexibility index (Phi) is 10.8. The maximum Gasteiger partial charge on any atom is 0.272 e. The van der Waals surface area contributed by atoms with E-state index in [1.807, 2.05) is 0 Å². The highest BCUT2D eigenvalue weighted by molar-refractivity contribution is 7.99. The molecular weight excluding hydrogens is 615 g/mol. The first-order valence-electron chi connectivity index (χ1n) is 13.1. The molecule has 2 aromatic heterocycles. The van der Waals surface area contributed by atoms with Crippen LogP contribution in [0.5, 0.6) is 11.5 Å². The average molecular weight is 646 g/mol. The van der Waals surface area contributed by atoms with Gasteiger partial charge in [0.25, 0.3) is 5.56 Å². The Balaban J connectivity index is 1.33. The van der Waals surface area contributed by atoms with Crippen molar-refractivity contribution in [1.82, 2.24) is 14.9 Å². The van der Waals surface area contributed by atoms with Crippen LogP contribution in [0.15, 0.2) is 68.8 Å². The van der Waals surface area contributed by atoms with Crippen molar-refractivity contribution >= 4 is 60.8 Å². The van der Waals surface area contributed by atoms with Gasteiger partial charge >= 0.3 is 0 Å². The van der Waals surface area contributed by atoms with Crippen molar-refractivity contribution in [2.45, 2.75) is 35.9 Å². The molecule has 12 nitrogen and oxygen atoms in total. The van der Waals surface area contributed by atoms with E-state index in [0.717, 1.165) is 17.3 Å². The summed E-state index contributed by atoms with van der Waals surface area (Å²) < 4.78 is 35.3. The number of ether oxygens (including phenoxy) is 2. The number of carbonyl (C=O) groups excluding carboxylic acids is 2. The molecule has 0 aliphatic heterocycles. The van der Waals surface area contributed by atoms with Crippen molar-refractivity contribution in [3.8, 4) is 11.5 Å². The molecule has 2 heterocycles. The summed E-state index contributed by atoms with van der Waals surface area (Å²) in [6, 6.07) is 13.0. The fourth-order valence-electron chi connectivity index (χ4n) is 4.13. The molecule has 0 fully saturated rings. The SMILES string of the molecule is COc1ccc(NC(=O)CSc2nc3ccsc3c(=O)n2CCCC(=O)NCCc2ccc(S(N)(=O)=O)cc2)c(OC)c1. The molecule has 0 saturated heterocycles. The van der Waals surface area contributed by atoms with Crippen molar-refractivity contribution in [1.29, 1.82) is 0 Å². The molecule has 0 unspecified atom stereocenters. The number of anilines is 1. The van der Waals surface area contributed by atoms with Crippen LogP contribution in [-0.4, -0.2) is 56.3 Å². The van der Waals surface area contributed by atoms with Crippen LogP contribution in [-0.2, 0) is 32.6 Å². The first kappa shape index (κ1) is 32.0. The van der Waals surface area contributed by atoms with Gasteiger partial charge < -0.3 is 20.1 Å². The standard InChI is InChI=1S/C28H31N5O7S3/c1-39-19-7-10-21(23(16-19)40-2)31-25(35)17-42-28-32-22-12-15-41-26(22)27(36)33(28)14-3-4-24(34)30-13-11-18-5-8-20(9-6-18)43(29,37)38/h5-10,12,15-16H,3-4,11,13-14,17H2,1-2H3,(H,30,34)(H,31,35)(H2,29,37,38). The molecule has 43 heavy (non-hydrogen) atoms. The second kappa shape index (κ2) is 14.5. The first-order chi connectivity index (χ1) is 20.6. The van der Waals surface area contributed by atoms with E-state index >= 15 is 0 Å². The molecule has 4 rings (SSSR count). The Morgan fingerprint density at radius 2 is 1.84 bits per heavy atom. The van der Waals surface area contributed by atoms with Gasteiger partial charge in [-0.05, 0) is 54.1 Å². The van der Waals surface area contributed by atoms with E-state index in [2.05, 4.69) is 15.6 Å². The summed E-state index contributed by atoms with van der Waals surface area (Å²) in [5.74, 6) is 0.549. The number of carbonyl (C=O) groups is 2. The maximum absolute atomic E-state index is 13.2. The zero-order valence-corrected chi connectivity index (χ0v) is 25.9. The topological polar surface area (TPSA) is 172 Å². The van der Waals surface area contributed by atoms with Crippen molar-refractivity contribution in [2.24, 2.45) is 5.14 Å². The van der Waals surface area contributed by atoms with E-state index in [0.29, 0.717) is 51.9 Å². The predicted molar refractivity (Wildman–Crippen MR) is 167 cm³/mol. The minimum atomic E-state index is -3.76. The summed E-state index contributed by atoms with van der Waals surface area (Å²) >= 11 is 2.43. The van der Waals surface area contributed by atoms with Gasteiger partial charge in [0, 0.05) is 25.6 Å².